The van der Waals surface area contributed by atoms with Crippen molar-refractivity contribution in [3.05, 3.63) is 50.9 Å². The molecule has 0 spiro atoms. The highest BCUT2D eigenvalue weighted by Gasteiger charge is 2.15. The lowest BCUT2D eigenvalue weighted by Gasteiger charge is -2.12. The Hall–Kier alpha value is -1.82. The van der Waals surface area contributed by atoms with E-state index in [1.165, 1.54) is 12.3 Å². The van der Waals surface area contributed by atoms with E-state index in [1.807, 2.05) is 0 Å². The van der Waals surface area contributed by atoms with Crippen LogP contribution in [0.25, 0.3) is 0 Å². The molecule has 12 heteroatoms. The Morgan fingerprint density at radius 3 is 2.45 bits per heavy atom. The van der Waals surface area contributed by atoms with E-state index in [0.29, 0.717) is 26.0 Å². The van der Waals surface area contributed by atoms with E-state index < -0.39 is 27.1 Å². The van der Waals surface area contributed by atoms with Gasteiger partial charge in [0, 0.05) is 16.7 Å². The Bertz CT molecular complexity index is 1040. The van der Waals surface area contributed by atoms with Crippen molar-refractivity contribution in [1.29, 1.82) is 0 Å². The van der Waals surface area contributed by atoms with Crippen LogP contribution < -0.4 is 9.47 Å². The first-order valence-electron chi connectivity index (χ1n) is 8.77. The Balaban J connectivity index is 2.09. The molecule has 0 aliphatic carbocycles. The number of halogens is 3. The van der Waals surface area contributed by atoms with Crippen molar-refractivity contribution in [3.8, 4) is 17.2 Å². The molecule has 0 saturated heterocycles. The molecule has 0 fully saturated rings. The van der Waals surface area contributed by atoms with Crippen molar-refractivity contribution in [2.24, 2.45) is 5.16 Å². The molecular formula is C19H18Br2ClNO7S. The number of oxime groups is 1. The molecule has 0 saturated carbocycles. The highest BCUT2D eigenvalue weighted by Crippen LogP contribution is 2.38. The molecule has 1 atom stereocenters. The van der Waals surface area contributed by atoms with E-state index in [-0.39, 0.29) is 12.4 Å². The largest absolute Gasteiger partial charge is 0.476 e. The van der Waals surface area contributed by atoms with E-state index in [4.69, 9.17) is 29.7 Å². The number of benzene rings is 2. The summed E-state index contributed by atoms with van der Waals surface area (Å²) in [5.41, 5.74) is 0.673. The Kier molecular flexibility index (Phi) is 9.60. The van der Waals surface area contributed by atoms with Crippen LogP contribution >= 0.6 is 42.5 Å². The molecule has 2 aromatic rings. The molecule has 0 amide bonds. The number of rotatable bonds is 10. The highest BCUT2D eigenvalue weighted by molar-refractivity contribution is 9.11. The van der Waals surface area contributed by atoms with Crippen LogP contribution in [-0.4, -0.2) is 39.3 Å². The zero-order valence-corrected chi connectivity index (χ0v) is 21.1. The van der Waals surface area contributed by atoms with Crippen molar-refractivity contribution in [3.63, 3.8) is 0 Å². The van der Waals surface area contributed by atoms with E-state index in [2.05, 4.69) is 37.0 Å². The highest BCUT2D eigenvalue weighted by atomic mass is 79.9. The van der Waals surface area contributed by atoms with Crippen LogP contribution in [0.4, 0.5) is 0 Å². The van der Waals surface area contributed by atoms with Gasteiger partial charge in [0.05, 0.1) is 21.8 Å². The van der Waals surface area contributed by atoms with Crippen molar-refractivity contribution in [2.45, 2.75) is 20.0 Å². The average Bonchev–Trinajstić information content (AvgIpc) is 2.69. The lowest BCUT2D eigenvalue weighted by Crippen LogP contribution is -2.21. The molecule has 2 rings (SSSR count). The van der Waals surface area contributed by atoms with E-state index in [1.54, 1.807) is 44.2 Å². The quantitative estimate of drug-likeness (QED) is 0.160. The zero-order valence-electron chi connectivity index (χ0n) is 16.4. The fourth-order valence-corrected chi connectivity index (χ4v) is 3.91. The maximum atomic E-state index is 11.5. The van der Waals surface area contributed by atoms with E-state index in [0.717, 1.165) is 0 Å². The molecule has 0 bridgehead atoms. The standard InChI is InChI=1S/C19H18Br2ClNO7S/c1-3-27-19(24)12(2)30-23-10-13-7-16(20)18(17(21)8-13)29-15-6-4-5-14(9-15)28-11-31(22,25)26/h4-10,12H,3,11H2,1-2H3/b23-10+. The molecule has 8 nitrogen and oxygen atoms in total. The lowest BCUT2D eigenvalue weighted by atomic mass is 10.2. The molecule has 31 heavy (non-hydrogen) atoms. The zero-order chi connectivity index (χ0) is 23.0. The van der Waals surface area contributed by atoms with Gasteiger partial charge in [-0.15, -0.1) is 0 Å². The molecule has 0 N–H and O–H groups in total. The number of carbonyl (C=O) groups excluding carboxylic acids is 1. The van der Waals surface area contributed by atoms with Crippen molar-refractivity contribution in [2.75, 3.05) is 12.5 Å². The predicted molar refractivity (Wildman–Crippen MR) is 123 cm³/mol. The van der Waals surface area contributed by atoms with Gasteiger partial charge in [-0.1, -0.05) is 11.2 Å². The average molecular weight is 600 g/mol. The number of carbonyl (C=O) groups is 1. The first kappa shape index (κ1) is 25.4. The second-order valence-electron chi connectivity index (χ2n) is 5.93. The van der Waals surface area contributed by atoms with Gasteiger partial charge in [-0.2, -0.15) is 0 Å². The Labute approximate surface area is 201 Å². The van der Waals surface area contributed by atoms with Gasteiger partial charge in [-0.25, -0.2) is 13.2 Å². The van der Waals surface area contributed by atoms with E-state index in [9.17, 15) is 13.2 Å². The van der Waals surface area contributed by atoms with E-state index >= 15 is 0 Å². The molecule has 0 aliphatic heterocycles. The third-order valence-corrected chi connectivity index (χ3v) is 5.30. The van der Waals surface area contributed by atoms with Gasteiger partial charge in [0.2, 0.25) is 12.0 Å². The maximum Gasteiger partial charge on any atom is 0.349 e. The third kappa shape index (κ3) is 8.68. The smallest absolute Gasteiger partial charge is 0.349 e. The number of ether oxygens (including phenoxy) is 3. The molecule has 0 radical (unpaired) electrons. The van der Waals surface area contributed by atoms with Crippen molar-refractivity contribution >= 4 is 63.8 Å². The van der Waals surface area contributed by atoms with Crippen LogP contribution in [0.1, 0.15) is 19.4 Å². The summed E-state index contributed by atoms with van der Waals surface area (Å²) >= 11 is 6.87. The van der Waals surface area contributed by atoms with Gasteiger partial charge >= 0.3 is 5.97 Å². The lowest BCUT2D eigenvalue weighted by molar-refractivity contribution is -0.155. The minimum Gasteiger partial charge on any atom is -0.476 e. The molecule has 1 unspecified atom stereocenters. The summed E-state index contributed by atoms with van der Waals surface area (Å²) in [4.78, 5) is 16.6. The maximum absolute atomic E-state index is 11.5. The summed E-state index contributed by atoms with van der Waals surface area (Å²) < 4.78 is 39.1. The number of nitrogens with zero attached hydrogens (tertiary/aromatic N) is 1. The van der Waals surface area contributed by atoms with Crippen LogP contribution in [0.5, 0.6) is 17.2 Å². The summed E-state index contributed by atoms with van der Waals surface area (Å²) in [6.45, 7) is 3.51. The second-order valence-corrected chi connectivity index (χ2v) is 10.4. The summed E-state index contributed by atoms with van der Waals surface area (Å²) in [5, 5.41) is 3.81. The normalized spacial score (nSPS) is 12.4. The number of hydrogen-bond donors (Lipinski definition) is 0. The molecule has 0 aliphatic rings. The van der Waals surface area contributed by atoms with Gasteiger partial charge in [-0.05, 0) is 75.5 Å². The minimum absolute atomic E-state index is 0.262. The van der Waals surface area contributed by atoms with Gasteiger partial charge in [0.15, 0.2) is 5.75 Å². The van der Waals surface area contributed by atoms with Gasteiger partial charge in [0.25, 0.3) is 9.05 Å². The van der Waals surface area contributed by atoms with Crippen molar-refractivity contribution < 1.29 is 32.3 Å². The number of esters is 1. The molecule has 2 aromatic carbocycles. The van der Waals surface area contributed by atoms with Crippen molar-refractivity contribution in [1.82, 2.24) is 0 Å². The summed E-state index contributed by atoms with van der Waals surface area (Å²) in [6.07, 6.45) is 0.616. The fourth-order valence-electron chi connectivity index (χ4n) is 2.12. The van der Waals surface area contributed by atoms with Gasteiger partial charge in [-0.3, -0.25) is 0 Å². The van der Waals surface area contributed by atoms with Crippen LogP contribution in [0.3, 0.4) is 0 Å². The third-order valence-electron chi connectivity index (χ3n) is 3.45. The van der Waals surface area contributed by atoms with Crippen LogP contribution in [0, 0.1) is 0 Å². The molecule has 0 aromatic heterocycles. The summed E-state index contributed by atoms with van der Waals surface area (Å²) in [5.74, 6) is 0.0150. The van der Waals surface area contributed by atoms with Gasteiger partial charge in [0.1, 0.15) is 11.5 Å². The van der Waals surface area contributed by atoms with Crippen LogP contribution in [-0.2, 0) is 23.4 Å². The second kappa shape index (κ2) is 11.7. The van der Waals surface area contributed by atoms with Crippen LogP contribution in [0.2, 0.25) is 0 Å². The van der Waals surface area contributed by atoms with Gasteiger partial charge < -0.3 is 19.0 Å². The Morgan fingerprint density at radius 1 is 1.19 bits per heavy atom. The monoisotopic (exact) mass is 597 g/mol. The first-order chi connectivity index (χ1) is 14.6. The topological polar surface area (TPSA) is 100 Å². The molecule has 0 heterocycles. The SMILES string of the molecule is CCOC(=O)C(C)O/N=C/c1cc(Br)c(Oc2cccc(OCS(=O)(=O)Cl)c2)c(Br)c1. The molecular weight excluding hydrogens is 582 g/mol. The fraction of sp³-hybridized carbons (Fsp3) is 0.263. The predicted octanol–water partition coefficient (Wildman–Crippen LogP) is 5.21. The first-order valence-corrected chi connectivity index (χ1v) is 12.8. The Morgan fingerprint density at radius 2 is 1.84 bits per heavy atom. The number of hydrogen-bond acceptors (Lipinski definition) is 8. The molecule has 168 valence electrons. The summed E-state index contributed by atoms with van der Waals surface area (Å²) in [7, 11) is 1.37. The van der Waals surface area contributed by atoms with Crippen LogP contribution in [0.15, 0.2) is 50.5 Å². The summed E-state index contributed by atoms with van der Waals surface area (Å²) in [6, 6.07) is 9.92. The minimum atomic E-state index is -3.79.